The van der Waals surface area contributed by atoms with Crippen LogP contribution >= 0.6 is 0 Å². The predicted molar refractivity (Wildman–Crippen MR) is 128 cm³/mol. The van der Waals surface area contributed by atoms with Crippen molar-refractivity contribution < 1.29 is 23.7 Å². The van der Waals surface area contributed by atoms with Crippen molar-refractivity contribution in [2.24, 2.45) is 11.1 Å². The highest BCUT2D eigenvalue weighted by Gasteiger charge is 2.24. The van der Waals surface area contributed by atoms with Gasteiger partial charge in [-0.1, -0.05) is 57.1 Å². The monoisotopic (exact) mass is 458 g/mol. The number of rotatable bonds is 8. The fourth-order valence-electron chi connectivity index (χ4n) is 3.55. The smallest absolute Gasteiger partial charge is 0.254 e. The van der Waals surface area contributed by atoms with E-state index in [1.807, 2.05) is 0 Å². The lowest BCUT2D eigenvalue weighted by molar-refractivity contribution is -0.119. The first-order chi connectivity index (χ1) is 18.2. The topological polar surface area (TPSA) is 130 Å². The second kappa shape index (κ2) is 9.21. The molecule has 0 saturated carbocycles. The number of ketones is 1. The first-order valence-electron chi connectivity index (χ1n) is 13.9. The average molecular weight is 459 g/mol. The second-order valence-corrected chi connectivity index (χ2v) is 9.24. The van der Waals surface area contributed by atoms with E-state index < -0.39 is 42.9 Å². The largest absolute Gasteiger partial charge is 0.383 e. The van der Waals surface area contributed by atoms with Crippen molar-refractivity contribution in [2.45, 2.75) is 66.2 Å². The second-order valence-electron chi connectivity index (χ2n) is 9.24. The molecule has 8 nitrogen and oxygen atoms in total. The van der Waals surface area contributed by atoms with Gasteiger partial charge in [0, 0.05) is 31.8 Å². The standard InChI is InChI=1S/C25H33N5O3/c1-14(2)30-23(26)21(24(27)32)22(28-30)17-9-7-16(8-10-17)15(3)20(31)12-19-11-18(29-33-19)13-25(4,5)6/h7-11,14-15H,12-13,26H2,1-6H3,(H2,27,32)/i1D3,2D3,14D. The first kappa shape index (κ1) is 16.2. The van der Waals surface area contributed by atoms with Crippen molar-refractivity contribution in [3.05, 3.63) is 52.9 Å². The Morgan fingerprint density at radius 3 is 2.48 bits per heavy atom. The number of primary amides is 1. The molecule has 1 aromatic carbocycles. The number of nitrogen functional groups attached to an aromatic ring is 1. The number of hydrogen-bond acceptors (Lipinski definition) is 6. The molecule has 4 N–H and O–H groups in total. The van der Waals surface area contributed by atoms with E-state index in [2.05, 4.69) is 31.0 Å². The molecule has 1 unspecified atom stereocenters. The minimum absolute atomic E-state index is 0.0176. The highest BCUT2D eigenvalue weighted by molar-refractivity contribution is 6.03. The first-order valence-corrected chi connectivity index (χ1v) is 10.4. The quantitative estimate of drug-likeness (QED) is 0.517. The Labute approximate surface area is 204 Å². The van der Waals surface area contributed by atoms with Gasteiger partial charge in [0.25, 0.3) is 5.91 Å². The van der Waals surface area contributed by atoms with Crippen molar-refractivity contribution in [3.63, 3.8) is 0 Å². The van der Waals surface area contributed by atoms with Gasteiger partial charge in [-0.15, -0.1) is 0 Å². The van der Waals surface area contributed by atoms with Crippen LogP contribution in [0, 0.1) is 5.41 Å². The predicted octanol–water partition coefficient (Wildman–Crippen LogP) is 4.30. The van der Waals surface area contributed by atoms with E-state index in [1.54, 1.807) is 25.1 Å². The van der Waals surface area contributed by atoms with Crippen LogP contribution in [0.1, 0.15) is 90.3 Å². The zero-order chi connectivity index (χ0) is 30.4. The van der Waals surface area contributed by atoms with E-state index in [-0.39, 0.29) is 28.9 Å². The third-order valence-electron chi connectivity index (χ3n) is 5.21. The number of benzene rings is 1. The van der Waals surface area contributed by atoms with Gasteiger partial charge >= 0.3 is 0 Å². The van der Waals surface area contributed by atoms with E-state index in [9.17, 15) is 9.59 Å². The third-order valence-corrected chi connectivity index (χ3v) is 5.21. The summed E-state index contributed by atoms with van der Waals surface area (Å²) in [5.74, 6) is -1.93. The van der Waals surface area contributed by atoms with Gasteiger partial charge in [0.15, 0.2) is 0 Å². The van der Waals surface area contributed by atoms with Gasteiger partial charge in [0.1, 0.15) is 28.6 Å². The maximum Gasteiger partial charge on any atom is 0.254 e. The fourth-order valence-corrected chi connectivity index (χ4v) is 3.55. The molecule has 1 amide bonds. The number of carbonyl (C=O) groups excluding carboxylic acids is 2. The zero-order valence-corrected chi connectivity index (χ0v) is 19.1. The van der Waals surface area contributed by atoms with Gasteiger partial charge in [-0.3, -0.25) is 9.59 Å². The Balaban J connectivity index is 1.92. The van der Waals surface area contributed by atoms with Crippen LogP contribution < -0.4 is 11.5 Å². The number of nitrogens with two attached hydrogens (primary N) is 2. The van der Waals surface area contributed by atoms with E-state index >= 15 is 0 Å². The number of nitrogens with zero attached hydrogens (tertiary/aromatic N) is 3. The van der Waals surface area contributed by atoms with Crippen LogP contribution in [-0.2, 0) is 17.6 Å². The molecule has 8 heteroatoms. The minimum atomic E-state index is -3.39. The molecular weight excluding hydrogens is 418 g/mol. The normalized spacial score (nSPS) is 17.0. The van der Waals surface area contributed by atoms with E-state index in [0.29, 0.717) is 22.4 Å². The van der Waals surface area contributed by atoms with Gasteiger partial charge in [0.2, 0.25) is 0 Å². The van der Waals surface area contributed by atoms with Gasteiger partial charge in [-0.05, 0) is 31.1 Å². The van der Waals surface area contributed by atoms with Crippen molar-refractivity contribution in [2.75, 3.05) is 5.73 Å². The van der Waals surface area contributed by atoms with Gasteiger partial charge < -0.3 is 16.0 Å². The molecule has 0 aliphatic heterocycles. The SMILES string of the molecule is [2H]C([2H])([2H])C([2H])(n1nc(-c2ccc(C(C)C(=O)Cc3cc(CC(C)(C)C)no3)cc2)c(C(N)=O)c1N)C([2H])([2H])[2H]. The maximum absolute atomic E-state index is 12.9. The van der Waals surface area contributed by atoms with Gasteiger partial charge in [-0.2, -0.15) is 5.10 Å². The van der Waals surface area contributed by atoms with Crippen molar-refractivity contribution in [3.8, 4) is 11.3 Å². The highest BCUT2D eigenvalue weighted by atomic mass is 16.5. The molecule has 0 radical (unpaired) electrons. The summed E-state index contributed by atoms with van der Waals surface area (Å²) in [7, 11) is 0. The molecule has 176 valence electrons. The number of aromatic nitrogens is 3. The minimum Gasteiger partial charge on any atom is -0.383 e. The number of hydrogen-bond donors (Lipinski definition) is 2. The lowest BCUT2D eigenvalue weighted by Crippen LogP contribution is -2.15. The van der Waals surface area contributed by atoms with E-state index in [4.69, 9.17) is 25.6 Å². The average Bonchev–Trinajstić information content (AvgIpc) is 3.38. The maximum atomic E-state index is 12.9. The summed E-state index contributed by atoms with van der Waals surface area (Å²) in [6.45, 7) is 1.18. The highest BCUT2D eigenvalue weighted by Crippen LogP contribution is 2.30. The summed E-state index contributed by atoms with van der Waals surface area (Å²) in [4.78, 5) is 25.2. The summed E-state index contributed by atoms with van der Waals surface area (Å²) < 4.78 is 60.3. The lowest BCUT2D eigenvalue weighted by atomic mass is 9.90. The molecule has 0 spiro atoms. The molecule has 0 aliphatic carbocycles. The van der Waals surface area contributed by atoms with Crippen LogP contribution in [0.3, 0.4) is 0 Å². The Morgan fingerprint density at radius 1 is 1.24 bits per heavy atom. The summed E-state index contributed by atoms with van der Waals surface area (Å²) in [5.41, 5.74) is 12.5. The van der Waals surface area contributed by atoms with Crippen LogP contribution in [0.15, 0.2) is 34.9 Å². The molecule has 2 heterocycles. The van der Waals surface area contributed by atoms with Gasteiger partial charge in [-0.25, -0.2) is 4.68 Å². The Bertz CT molecular complexity index is 1390. The lowest BCUT2D eigenvalue weighted by Gasteiger charge is -2.15. The third kappa shape index (κ3) is 5.50. The summed E-state index contributed by atoms with van der Waals surface area (Å²) in [5, 5.41) is 8.04. The number of Topliss-reactive ketones (excluding diaryl/α,β-unsaturated/α-hetero) is 1. The number of carbonyl (C=O) groups is 2. The van der Waals surface area contributed by atoms with Crippen molar-refractivity contribution in [1.29, 1.82) is 0 Å². The Hall–Kier alpha value is -3.42. The Morgan fingerprint density at radius 2 is 1.91 bits per heavy atom. The Kier molecular flexibility index (Phi) is 4.53. The molecule has 0 aliphatic rings. The molecule has 3 rings (SSSR count). The molecule has 3 aromatic rings. The van der Waals surface area contributed by atoms with Gasteiger partial charge in [0.05, 0.1) is 13.5 Å². The van der Waals surface area contributed by atoms with Crippen LogP contribution in [0.2, 0.25) is 0 Å². The fraction of sp³-hybridized carbons (Fsp3) is 0.440. The number of anilines is 1. The van der Waals surface area contributed by atoms with Crippen LogP contribution in [-0.4, -0.2) is 26.6 Å². The molecule has 0 bridgehead atoms. The summed E-state index contributed by atoms with van der Waals surface area (Å²) >= 11 is 0. The van der Waals surface area contributed by atoms with E-state index in [0.717, 1.165) is 5.69 Å². The summed E-state index contributed by atoms with van der Waals surface area (Å²) in [6.07, 6.45) is 0.748. The van der Waals surface area contributed by atoms with Crippen LogP contribution in [0.25, 0.3) is 11.3 Å². The zero-order valence-electron chi connectivity index (χ0n) is 26.1. The van der Waals surface area contributed by atoms with Crippen LogP contribution in [0.5, 0.6) is 0 Å². The molecule has 33 heavy (non-hydrogen) atoms. The van der Waals surface area contributed by atoms with Crippen molar-refractivity contribution in [1.82, 2.24) is 14.9 Å². The molecule has 2 aromatic heterocycles. The molecule has 0 fully saturated rings. The van der Waals surface area contributed by atoms with Crippen LogP contribution in [0.4, 0.5) is 5.82 Å². The molecular formula is C25H33N5O3. The number of amides is 1. The van der Waals surface area contributed by atoms with Crippen molar-refractivity contribution >= 4 is 17.5 Å². The molecule has 1 atom stereocenters. The van der Waals surface area contributed by atoms with E-state index in [1.165, 1.54) is 12.1 Å². The molecule has 0 saturated heterocycles. The summed E-state index contributed by atoms with van der Waals surface area (Å²) in [6, 6.07) is 4.75.